The van der Waals surface area contributed by atoms with E-state index in [4.69, 9.17) is 34.8 Å². The first-order valence-corrected chi connectivity index (χ1v) is 5.51. The lowest BCUT2D eigenvalue weighted by atomic mass is 10.1. The summed E-state index contributed by atoms with van der Waals surface area (Å²) in [5, 5.41) is 11.0. The van der Waals surface area contributed by atoms with Gasteiger partial charge in [-0.05, 0) is 24.3 Å². The van der Waals surface area contributed by atoms with Crippen LogP contribution in [0.1, 0.15) is 0 Å². The molecule has 2 rings (SSSR count). The molecule has 0 unspecified atom stereocenters. The van der Waals surface area contributed by atoms with Crippen LogP contribution in [0.4, 0.5) is 0 Å². The van der Waals surface area contributed by atoms with Gasteiger partial charge in [-0.15, -0.1) is 0 Å². The van der Waals surface area contributed by atoms with Crippen LogP contribution in [-0.2, 0) is 0 Å². The van der Waals surface area contributed by atoms with E-state index in [2.05, 4.69) is 4.98 Å². The van der Waals surface area contributed by atoms with Gasteiger partial charge >= 0.3 is 0 Å². The standard InChI is InChI=1S/C11H6Cl3NO/c12-6-1-2-9(13)7(3-6)8-4-11(14)15-5-10(8)16/h1-5,16H. The molecule has 1 aromatic heterocycles. The van der Waals surface area contributed by atoms with Gasteiger partial charge in [0.1, 0.15) is 10.9 Å². The van der Waals surface area contributed by atoms with Crippen molar-refractivity contribution in [2.24, 2.45) is 0 Å². The molecule has 0 spiro atoms. The molecule has 0 bridgehead atoms. The lowest BCUT2D eigenvalue weighted by Gasteiger charge is -2.07. The quantitative estimate of drug-likeness (QED) is 0.781. The molecule has 1 N–H and O–H groups in total. The minimum absolute atomic E-state index is 0.00793. The van der Waals surface area contributed by atoms with E-state index in [0.29, 0.717) is 21.2 Å². The van der Waals surface area contributed by atoms with Gasteiger partial charge < -0.3 is 5.11 Å². The molecule has 0 aliphatic heterocycles. The minimum Gasteiger partial charge on any atom is -0.506 e. The smallest absolute Gasteiger partial charge is 0.141 e. The van der Waals surface area contributed by atoms with E-state index in [1.165, 1.54) is 12.3 Å². The summed E-state index contributed by atoms with van der Waals surface area (Å²) in [7, 11) is 0. The number of rotatable bonds is 1. The molecule has 0 fully saturated rings. The fourth-order valence-corrected chi connectivity index (χ4v) is 1.89. The zero-order chi connectivity index (χ0) is 11.7. The molecule has 1 heterocycles. The van der Waals surface area contributed by atoms with Gasteiger partial charge in [-0.3, -0.25) is 0 Å². The van der Waals surface area contributed by atoms with Crippen molar-refractivity contribution in [3.05, 3.63) is 45.7 Å². The van der Waals surface area contributed by atoms with E-state index >= 15 is 0 Å². The molecule has 0 radical (unpaired) electrons. The van der Waals surface area contributed by atoms with Crippen molar-refractivity contribution in [3.8, 4) is 16.9 Å². The molecule has 0 amide bonds. The van der Waals surface area contributed by atoms with E-state index in [0.717, 1.165) is 0 Å². The van der Waals surface area contributed by atoms with Crippen LogP contribution in [0.3, 0.4) is 0 Å². The van der Waals surface area contributed by atoms with Gasteiger partial charge in [0.25, 0.3) is 0 Å². The van der Waals surface area contributed by atoms with Crippen molar-refractivity contribution >= 4 is 34.8 Å². The van der Waals surface area contributed by atoms with Crippen molar-refractivity contribution in [1.82, 2.24) is 4.98 Å². The van der Waals surface area contributed by atoms with Crippen molar-refractivity contribution in [1.29, 1.82) is 0 Å². The average Bonchev–Trinajstić information content (AvgIpc) is 2.25. The second kappa shape index (κ2) is 4.50. The highest BCUT2D eigenvalue weighted by molar-refractivity contribution is 6.35. The maximum absolute atomic E-state index is 9.68. The summed E-state index contributed by atoms with van der Waals surface area (Å²) in [6.07, 6.45) is 1.27. The highest BCUT2D eigenvalue weighted by Gasteiger charge is 2.10. The van der Waals surface area contributed by atoms with Crippen molar-refractivity contribution in [2.75, 3.05) is 0 Å². The summed E-state index contributed by atoms with van der Waals surface area (Å²) < 4.78 is 0. The molecular formula is C11H6Cl3NO. The first kappa shape index (κ1) is 11.5. The Morgan fingerprint density at radius 3 is 2.50 bits per heavy atom. The van der Waals surface area contributed by atoms with Gasteiger partial charge in [0, 0.05) is 21.2 Å². The van der Waals surface area contributed by atoms with Gasteiger partial charge in [0.2, 0.25) is 0 Å². The second-order valence-corrected chi connectivity index (χ2v) is 4.38. The predicted octanol–water partition coefficient (Wildman–Crippen LogP) is 4.41. The molecule has 0 aliphatic rings. The molecule has 0 saturated heterocycles. The number of hydrogen-bond acceptors (Lipinski definition) is 2. The Balaban J connectivity index is 2.66. The number of aromatic nitrogens is 1. The normalized spacial score (nSPS) is 10.4. The van der Waals surface area contributed by atoms with Gasteiger partial charge in [0.15, 0.2) is 0 Å². The molecule has 2 nitrogen and oxygen atoms in total. The summed E-state index contributed by atoms with van der Waals surface area (Å²) in [5.41, 5.74) is 1.13. The molecule has 82 valence electrons. The van der Waals surface area contributed by atoms with Crippen molar-refractivity contribution in [2.45, 2.75) is 0 Å². The Bertz CT molecular complexity index is 493. The third-order valence-electron chi connectivity index (χ3n) is 2.07. The molecule has 2 aromatic rings. The monoisotopic (exact) mass is 273 g/mol. The molecule has 0 atom stereocenters. The SMILES string of the molecule is Oc1cnc(Cl)cc1-c1cc(Cl)ccc1Cl. The van der Waals surface area contributed by atoms with E-state index in [1.807, 2.05) is 0 Å². The van der Waals surface area contributed by atoms with Crippen LogP contribution in [0, 0.1) is 0 Å². The van der Waals surface area contributed by atoms with Gasteiger partial charge in [-0.25, -0.2) is 4.98 Å². The highest BCUT2D eigenvalue weighted by atomic mass is 35.5. The zero-order valence-electron chi connectivity index (χ0n) is 7.92. The lowest BCUT2D eigenvalue weighted by Crippen LogP contribution is -1.84. The Morgan fingerprint density at radius 1 is 1.00 bits per heavy atom. The minimum atomic E-state index is 0.00793. The maximum Gasteiger partial charge on any atom is 0.141 e. The van der Waals surface area contributed by atoms with E-state index in [-0.39, 0.29) is 10.9 Å². The van der Waals surface area contributed by atoms with Gasteiger partial charge in [-0.2, -0.15) is 0 Å². The zero-order valence-corrected chi connectivity index (χ0v) is 10.2. The van der Waals surface area contributed by atoms with Crippen LogP contribution in [-0.4, -0.2) is 10.1 Å². The Labute approximate surface area is 107 Å². The van der Waals surface area contributed by atoms with Crippen molar-refractivity contribution in [3.63, 3.8) is 0 Å². The van der Waals surface area contributed by atoms with Crippen LogP contribution in [0.5, 0.6) is 5.75 Å². The molecule has 0 aliphatic carbocycles. The summed E-state index contributed by atoms with van der Waals surface area (Å²) >= 11 is 17.7. The average molecular weight is 275 g/mol. The molecule has 0 saturated carbocycles. The number of halogens is 3. The van der Waals surface area contributed by atoms with Crippen LogP contribution in [0.15, 0.2) is 30.5 Å². The topological polar surface area (TPSA) is 33.1 Å². The van der Waals surface area contributed by atoms with E-state index in [1.54, 1.807) is 18.2 Å². The Morgan fingerprint density at radius 2 is 1.75 bits per heavy atom. The summed E-state index contributed by atoms with van der Waals surface area (Å²) in [4.78, 5) is 3.76. The lowest BCUT2D eigenvalue weighted by molar-refractivity contribution is 0.475. The molecule has 1 aromatic carbocycles. The van der Waals surface area contributed by atoms with E-state index < -0.39 is 0 Å². The number of hydrogen-bond donors (Lipinski definition) is 1. The highest BCUT2D eigenvalue weighted by Crippen LogP contribution is 2.36. The van der Waals surface area contributed by atoms with Crippen LogP contribution < -0.4 is 0 Å². The van der Waals surface area contributed by atoms with Crippen LogP contribution >= 0.6 is 34.8 Å². The summed E-state index contributed by atoms with van der Waals surface area (Å²) in [5.74, 6) is 0.00793. The Hall–Kier alpha value is -0.960. The summed E-state index contributed by atoms with van der Waals surface area (Å²) in [6, 6.07) is 6.53. The Kier molecular flexibility index (Phi) is 3.24. The van der Waals surface area contributed by atoms with Gasteiger partial charge in [0.05, 0.1) is 6.20 Å². The fraction of sp³-hybridized carbons (Fsp3) is 0. The van der Waals surface area contributed by atoms with E-state index in [9.17, 15) is 5.11 Å². The fourth-order valence-electron chi connectivity index (χ4n) is 1.34. The first-order chi connectivity index (χ1) is 7.58. The number of benzene rings is 1. The van der Waals surface area contributed by atoms with Crippen LogP contribution in [0.25, 0.3) is 11.1 Å². The molecular weight excluding hydrogens is 268 g/mol. The summed E-state index contributed by atoms with van der Waals surface area (Å²) in [6.45, 7) is 0. The number of aromatic hydroxyl groups is 1. The van der Waals surface area contributed by atoms with Crippen LogP contribution in [0.2, 0.25) is 15.2 Å². The van der Waals surface area contributed by atoms with Gasteiger partial charge in [-0.1, -0.05) is 34.8 Å². The third-order valence-corrected chi connectivity index (χ3v) is 2.84. The number of nitrogens with zero attached hydrogens (tertiary/aromatic N) is 1. The second-order valence-electron chi connectivity index (χ2n) is 3.15. The first-order valence-electron chi connectivity index (χ1n) is 4.38. The number of pyridine rings is 1. The van der Waals surface area contributed by atoms with Crippen molar-refractivity contribution < 1.29 is 5.11 Å². The molecule has 16 heavy (non-hydrogen) atoms. The molecule has 5 heteroatoms. The largest absolute Gasteiger partial charge is 0.506 e. The third kappa shape index (κ3) is 2.24. The maximum atomic E-state index is 9.68. The predicted molar refractivity (Wildman–Crippen MR) is 66.4 cm³/mol.